The van der Waals surface area contributed by atoms with Crippen LogP contribution in [0.4, 0.5) is 0 Å². The molecule has 0 aromatic heterocycles. The van der Waals surface area contributed by atoms with Crippen LogP contribution in [0.15, 0.2) is 0 Å². The first-order valence-electron chi connectivity index (χ1n) is 8.83. The van der Waals surface area contributed by atoms with Crippen molar-refractivity contribution < 1.29 is 54.0 Å². The molecule has 2 fully saturated rings. The topological polar surface area (TPSA) is 176 Å². The molecule has 10 atom stereocenters. The van der Waals surface area contributed by atoms with E-state index in [0.29, 0.717) is 0 Å². The van der Waals surface area contributed by atoms with Gasteiger partial charge >= 0.3 is 0 Å². The first kappa shape index (κ1) is 23.3. The zero-order chi connectivity index (χ0) is 21.0. The Hall–Kier alpha value is -0.930. The first-order valence-corrected chi connectivity index (χ1v) is 8.83. The van der Waals surface area contributed by atoms with Crippen molar-refractivity contribution >= 4 is 5.91 Å². The van der Waals surface area contributed by atoms with Crippen LogP contribution in [0.25, 0.3) is 0 Å². The lowest BCUT2D eigenvalue weighted by atomic mass is 9.95. The van der Waals surface area contributed by atoms with Crippen LogP contribution in [0, 0.1) is 0 Å². The second-order valence-corrected chi connectivity index (χ2v) is 6.75. The Morgan fingerprint density at radius 3 is 2.21 bits per heavy atom. The molecule has 2 rings (SSSR count). The van der Waals surface area contributed by atoms with Gasteiger partial charge in [0.2, 0.25) is 5.91 Å². The van der Waals surface area contributed by atoms with E-state index in [-0.39, 0.29) is 6.61 Å². The fraction of sp³-hybridized carbons (Fsp3) is 0.938. The third-order valence-electron chi connectivity index (χ3n) is 4.78. The van der Waals surface area contributed by atoms with Crippen LogP contribution < -0.4 is 5.32 Å². The molecule has 0 radical (unpaired) electrons. The fourth-order valence-corrected chi connectivity index (χ4v) is 3.36. The van der Waals surface area contributed by atoms with Gasteiger partial charge in [-0.15, -0.1) is 0 Å². The van der Waals surface area contributed by atoms with E-state index in [1.807, 2.05) is 0 Å². The second kappa shape index (κ2) is 10.2. The Labute approximate surface area is 161 Å². The smallest absolute Gasteiger partial charge is 0.217 e. The molecular formula is C16H29NO11. The minimum Gasteiger partial charge on any atom is -0.394 e. The minimum absolute atomic E-state index is 0.0649. The van der Waals surface area contributed by atoms with Crippen molar-refractivity contribution in [2.24, 2.45) is 0 Å². The standard InChI is InChI=1S/C16H29NO11/c1-6(19)17-9-11(21)13(8(5-24-2)26-15(9)23)28-16-14(25-3)12(22)10(20)7(4-18)27-16/h7-16,18,20-23H,4-5H2,1-3H3,(H,17,19). The van der Waals surface area contributed by atoms with Gasteiger partial charge in [0.15, 0.2) is 12.6 Å². The number of amides is 1. The number of methoxy groups -OCH3 is 2. The minimum atomic E-state index is -1.51. The highest BCUT2D eigenvalue weighted by Crippen LogP contribution is 2.29. The average molecular weight is 411 g/mol. The van der Waals surface area contributed by atoms with E-state index >= 15 is 0 Å². The molecule has 28 heavy (non-hydrogen) atoms. The van der Waals surface area contributed by atoms with Gasteiger partial charge in [0.25, 0.3) is 0 Å². The van der Waals surface area contributed by atoms with Crippen LogP contribution in [0.1, 0.15) is 6.92 Å². The summed E-state index contributed by atoms with van der Waals surface area (Å²) in [4.78, 5) is 11.4. The van der Waals surface area contributed by atoms with E-state index in [2.05, 4.69) is 5.32 Å². The second-order valence-electron chi connectivity index (χ2n) is 6.75. The summed E-state index contributed by atoms with van der Waals surface area (Å²) in [7, 11) is 2.65. The molecular weight excluding hydrogens is 382 g/mol. The fourth-order valence-electron chi connectivity index (χ4n) is 3.36. The Morgan fingerprint density at radius 1 is 1.00 bits per heavy atom. The molecule has 2 aliphatic rings. The number of carbonyl (C=O) groups excluding carboxylic acids is 1. The van der Waals surface area contributed by atoms with E-state index in [1.165, 1.54) is 21.1 Å². The molecule has 164 valence electrons. The van der Waals surface area contributed by atoms with Crippen LogP contribution in [-0.4, -0.2) is 120 Å². The Balaban J connectivity index is 2.23. The maximum absolute atomic E-state index is 11.4. The summed E-state index contributed by atoms with van der Waals surface area (Å²) < 4.78 is 26.8. The molecule has 6 N–H and O–H groups in total. The molecule has 0 spiro atoms. The Bertz CT molecular complexity index is 509. The van der Waals surface area contributed by atoms with Crippen molar-refractivity contribution in [1.29, 1.82) is 0 Å². The highest BCUT2D eigenvalue weighted by atomic mass is 16.7. The highest BCUT2D eigenvalue weighted by Gasteiger charge is 2.51. The molecule has 2 heterocycles. The number of aliphatic hydroxyl groups excluding tert-OH is 5. The highest BCUT2D eigenvalue weighted by molar-refractivity contribution is 5.73. The Morgan fingerprint density at radius 2 is 1.68 bits per heavy atom. The Kier molecular flexibility index (Phi) is 8.51. The number of rotatable bonds is 7. The maximum atomic E-state index is 11.4. The lowest BCUT2D eigenvalue weighted by Gasteiger charge is -2.47. The van der Waals surface area contributed by atoms with Gasteiger partial charge in [0, 0.05) is 21.1 Å². The quantitative estimate of drug-likeness (QED) is 0.241. The van der Waals surface area contributed by atoms with E-state index in [9.17, 15) is 30.3 Å². The summed E-state index contributed by atoms with van der Waals surface area (Å²) in [6.45, 7) is 0.558. The van der Waals surface area contributed by atoms with Gasteiger partial charge in [-0.3, -0.25) is 4.79 Å². The van der Waals surface area contributed by atoms with Crippen LogP contribution >= 0.6 is 0 Å². The molecule has 10 unspecified atom stereocenters. The number of carbonyl (C=O) groups is 1. The predicted octanol–water partition coefficient (Wildman–Crippen LogP) is -3.95. The largest absolute Gasteiger partial charge is 0.394 e. The molecule has 1 amide bonds. The van der Waals surface area contributed by atoms with Crippen LogP contribution in [0.3, 0.4) is 0 Å². The predicted molar refractivity (Wildman–Crippen MR) is 89.8 cm³/mol. The summed E-state index contributed by atoms with van der Waals surface area (Å²) in [5, 5.41) is 52.7. The number of hydrogen-bond acceptors (Lipinski definition) is 11. The monoisotopic (exact) mass is 411 g/mol. The van der Waals surface area contributed by atoms with Gasteiger partial charge in [0.05, 0.1) is 13.2 Å². The number of nitrogens with one attached hydrogen (secondary N) is 1. The van der Waals surface area contributed by atoms with Gasteiger partial charge < -0.3 is 54.5 Å². The van der Waals surface area contributed by atoms with Crippen molar-refractivity contribution in [3.05, 3.63) is 0 Å². The molecule has 0 aromatic carbocycles. The van der Waals surface area contributed by atoms with Crippen LogP contribution in [-0.2, 0) is 28.5 Å². The van der Waals surface area contributed by atoms with Gasteiger partial charge in [-0.2, -0.15) is 0 Å². The van der Waals surface area contributed by atoms with E-state index in [1.54, 1.807) is 0 Å². The molecule has 0 bridgehead atoms. The van der Waals surface area contributed by atoms with Crippen molar-refractivity contribution in [3.63, 3.8) is 0 Å². The number of aliphatic hydroxyl groups is 5. The van der Waals surface area contributed by atoms with E-state index in [0.717, 1.165) is 0 Å². The number of hydrogen-bond donors (Lipinski definition) is 6. The molecule has 0 saturated carbocycles. The zero-order valence-electron chi connectivity index (χ0n) is 15.9. The van der Waals surface area contributed by atoms with Gasteiger partial charge in [-0.05, 0) is 0 Å². The molecule has 0 aromatic rings. The summed E-state index contributed by atoms with van der Waals surface area (Å²) in [6.07, 6.45) is -11.5. The van der Waals surface area contributed by atoms with Crippen molar-refractivity contribution in [2.45, 2.75) is 68.3 Å². The van der Waals surface area contributed by atoms with E-state index in [4.69, 9.17) is 23.7 Å². The molecule has 12 nitrogen and oxygen atoms in total. The molecule has 0 aliphatic carbocycles. The van der Waals surface area contributed by atoms with Gasteiger partial charge in [-0.25, -0.2) is 0 Å². The molecule has 2 saturated heterocycles. The van der Waals surface area contributed by atoms with E-state index < -0.39 is 73.9 Å². The maximum Gasteiger partial charge on any atom is 0.217 e. The van der Waals surface area contributed by atoms with Gasteiger partial charge in [0.1, 0.15) is 48.8 Å². The lowest BCUT2D eigenvalue weighted by Crippen LogP contribution is -2.67. The summed E-state index contributed by atoms with van der Waals surface area (Å²) in [5.74, 6) is -0.502. The van der Waals surface area contributed by atoms with Crippen molar-refractivity contribution in [2.75, 3.05) is 27.4 Å². The van der Waals surface area contributed by atoms with Crippen molar-refractivity contribution in [1.82, 2.24) is 5.32 Å². The van der Waals surface area contributed by atoms with Crippen molar-refractivity contribution in [3.8, 4) is 0 Å². The summed E-state index contributed by atoms with van der Waals surface area (Å²) in [6, 6.07) is -1.19. The zero-order valence-corrected chi connectivity index (χ0v) is 15.9. The normalized spacial score (nSPS) is 44.3. The SMILES string of the molecule is COCC1OC(O)C(NC(C)=O)C(O)C1OC1OC(CO)C(O)C(O)C1OC. The average Bonchev–Trinajstić information content (AvgIpc) is 2.64. The molecule has 2 aliphatic heterocycles. The lowest BCUT2D eigenvalue weighted by molar-refractivity contribution is -0.348. The third-order valence-corrected chi connectivity index (χ3v) is 4.78. The molecule has 12 heteroatoms. The number of ether oxygens (including phenoxy) is 5. The summed E-state index contributed by atoms with van der Waals surface area (Å²) >= 11 is 0. The van der Waals surface area contributed by atoms with Crippen LogP contribution in [0.5, 0.6) is 0 Å². The summed E-state index contributed by atoms with van der Waals surface area (Å²) in [5.41, 5.74) is 0. The first-order chi connectivity index (χ1) is 13.2. The van der Waals surface area contributed by atoms with Crippen LogP contribution in [0.2, 0.25) is 0 Å². The third kappa shape index (κ3) is 4.97. The van der Waals surface area contributed by atoms with Gasteiger partial charge in [-0.1, -0.05) is 0 Å².